The highest BCUT2D eigenvalue weighted by atomic mass is 32.2. The van der Waals surface area contributed by atoms with E-state index in [4.69, 9.17) is 20.7 Å². The maximum atomic E-state index is 9.02. The summed E-state index contributed by atoms with van der Waals surface area (Å²) in [6.07, 6.45) is 1.82. The van der Waals surface area contributed by atoms with Gasteiger partial charge in [-0.15, -0.1) is 0 Å². The minimum atomic E-state index is 0.366. The predicted molar refractivity (Wildman–Crippen MR) is 122 cm³/mol. The van der Waals surface area contributed by atoms with Gasteiger partial charge in [-0.3, -0.25) is 0 Å². The summed E-state index contributed by atoms with van der Waals surface area (Å²) in [5, 5.41) is 9.02. The Morgan fingerprint density at radius 2 is 1.90 bits per heavy atom. The van der Waals surface area contributed by atoms with Gasteiger partial charge in [0.1, 0.15) is 6.61 Å². The fraction of sp³-hybridized carbons (Fsp3) is 0.261. The molecule has 8 heteroatoms. The van der Waals surface area contributed by atoms with Gasteiger partial charge in [-0.1, -0.05) is 23.9 Å². The molecule has 1 aliphatic rings. The maximum absolute atomic E-state index is 9.02. The fourth-order valence-corrected chi connectivity index (χ4v) is 4.06. The largest absolute Gasteiger partial charge is 0.472 e. The van der Waals surface area contributed by atoms with Crippen molar-refractivity contribution in [2.24, 2.45) is 0 Å². The summed E-state index contributed by atoms with van der Waals surface area (Å²) in [6, 6.07) is 17.2. The van der Waals surface area contributed by atoms with Gasteiger partial charge >= 0.3 is 0 Å². The molecular formula is C23H24N6OS. The molecule has 0 unspecified atom stereocenters. The predicted octanol–water partition coefficient (Wildman–Crippen LogP) is 3.41. The molecule has 0 saturated carbocycles. The van der Waals surface area contributed by atoms with Crippen LogP contribution in [0.4, 0.5) is 11.6 Å². The van der Waals surface area contributed by atoms with E-state index < -0.39 is 0 Å². The number of rotatable bonds is 6. The Labute approximate surface area is 186 Å². The Morgan fingerprint density at radius 1 is 1.13 bits per heavy atom. The molecule has 0 spiro atoms. The van der Waals surface area contributed by atoms with Crippen molar-refractivity contribution >= 4 is 23.4 Å². The van der Waals surface area contributed by atoms with Crippen molar-refractivity contribution in [2.75, 3.05) is 43.9 Å². The molecule has 2 aromatic carbocycles. The minimum Gasteiger partial charge on any atom is -0.472 e. The van der Waals surface area contributed by atoms with Crippen molar-refractivity contribution in [3.8, 4) is 11.9 Å². The highest BCUT2D eigenvalue weighted by Crippen LogP contribution is 2.35. The number of hydrogen-bond donors (Lipinski definition) is 1. The number of nitrogens with two attached hydrogens (primary N) is 1. The Hall–Kier alpha value is -3.28. The van der Waals surface area contributed by atoms with Gasteiger partial charge in [-0.25, -0.2) is 4.98 Å². The molecule has 0 radical (unpaired) electrons. The molecule has 1 fully saturated rings. The van der Waals surface area contributed by atoms with E-state index in [0.29, 0.717) is 29.7 Å². The fourth-order valence-electron chi connectivity index (χ4n) is 3.24. The number of nitrogen functional groups attached to an aromatic ring is 1. The number of ether oxygens (including phenoxy) is 1. The van der Waals surface area contributed by atoms with Crippen LogP contribution < -0.4 is 15.4 Å². The molecule has 7 nitrogen and oxygen atoms in total. The maximum Gasteiger partial charge on any atom is 0.232 e. The summed E-state index contributed by atoms with van der Waals surface area (Å²) >= 11 is 1.52. The summed E-state index contributed by atoms with van der Waals surface area (Å²) in [7, 11) is 2.12. The molecule has 1 aromatic heterocycles. The number of likely N-dealkylation sites (N-methyl/N-ethyl adjacent to an activating group) is 1. The molecule has 3 aromatic rings. The topological polar surface area (TPSA) is 91.3 Å². The lowest BCUT2D eigenvalue weighted by atomic mass is 10.2. The van der Waals surface area contributed by atoms with Gasteiger partial charge in [0.2, 0.25) is 11.8 Å². The Kier molecular flexibility index (Phi) is 6.55. The SMILES string of the molecule is CN1CCN(c2ncc(Sc3ccc(C#N)cc3)c(OCc3cccc(N)c3)n2)CC1. The van der Waals surface area contributed by atoms with Crippen molar-refractivity contribution in [1.29, 1.82) is 5.26 Å². The van der Waals surface area contributed by atoms with E-state index in [2.05, 4.69) is 27.9 Å². The average Bonchev–Trinajstić information content (AvgIpc) is 2.79. The van der Waals surface area contributed by atoms with Gasteiger partial charge < -0.3 is 20.3 Å². The molecule has 2 N–H and O–H groups in total. The highest BCUT2D eigenvalue weighted by Gasteiger charge is 2.19. The van der Waals surface area contributed by atoms with Crippen LogP contribution in [0.25, 0.3) is 0 Å². The second kappa shape index (κ2) is 9.69. The second-order valence-corrected chi connectivity index (χ2v) is 8.52. The molecule has 2 heterocycles. The number of aromatic nitrogens is 2. The average molecular weight is 433 g/mol. The van der Waals surface area contributed by atoms with Crippen molar-refractivity contribution in [3.63, 3.8) is 0 Å². The number of nitriles is 1. The van der Waals surface area contributed by atoms with Gasteiger partial charge in [0.15, 0.2) is 0 Å². The summed E-state index contributed by atoms with van der Waals surface area (Å²) in [6.45, 7) is 4.08. The standard InChI is InChI=1S/C23H24N6OS/c1-28-9-11-29(12-10-28)23-26-15-21(31-20-7-5-17(14-24)6-8-20)22(27-23)30-16-18-3-2-4-19(25)13-18/h2-8,13,15H,9-12,16,25H2,1H3. The first-order valence-electron chi connectivity index (χ1n) is 10.1. The quantitative estimate of drug-likeness (QED) is 0.593. The Morgan fingerprint density at radius 3 is 2.61 bits per heavy atom. The number of piperazine rings is 1. The lowest BCUT2D eigenvalue weighted by molar-refractivity contribution is 0.283. The number of benzene rings is 2. The van der Waals surface area contributed by atoms with E-state index in [0.717, 1.165) is 41.5 Å². The number of nitrogens with zero attached hydrogens (tertiary/aromatic N) is 5. The minimum absolute atomic E-state index is 0.366. The van der Waals surface area contributed by atoms with E-state index in [-0.39, 0.29) is 0 Å². The smallest absolute Gasteiger partial charge is 0.232 e. The lowest BCUT2D eigenvalue weighted by Gasteiger charge is -2.32. The van der Waals surface area contributed by atoms with Crippen LogP contribution in [-0.4, -0.2) is 48.1 Å². The number of anilines is 2. The third-order valence-electron chi connectivity index (χ3n) is 5.03. The van der Waals surface area contributed by atoms with Crippen LogP contribution in [0.3, 0.4) is 0 Å². The summed E-state index contributed by atoms with van der Waals surface area (Å²) in [5.74, 6) is 1.22. The molecule has 0 aliphatic carbocycles. The molecule has 4 rings (SSSR count). The first kappa shape index (κ1) is 21.0. The first-order chi connectivity index (χ1) is 15.1. The zero-order chi connectivity index (χ0) is 21.6. The van der Waals surface area contributed by atoms with Crippen LogP contribution >= 0.6 is 11.8 Å². The summed E-state index contributed by atoms with van der Waals surface area (Å²) < 4.78 is 6.13. The van der Waals surface area contributed by atoms with E-state index in [1.807, 2.05) is 42.6 Å². The Bertz CT molecular complexity index is 1070. The van der Waals surface area contributed by atoms with Crippen LogP contribution in [0, 0.1) is 11.3 Å². The van der Waals surface area contributed by atoms with Gasteiger partial charge in [-0.2, -0.15) is 10.2 Å². The van der Waals surface area contributed by atoms with Crippen molar-refractivity contribution < 1.29 is 4.74 Å². The van der Waals surface area contributed by atoms with E-state index in [9.17, 15) is 0 Å². The van der Waals surface area contributed by atoms with Crippen LogP contribution in [0.5, 0.6) is 5.88 Å². The molecule has 31 heavy (non-hydrogen) atoms. The first-order valence-corrected chi connectivity index (χ1v) is 10.9. The van der Waals surface area contributed by atoms with Gasteiger partial charge in [0.25, 0.3) is 0 Å². The van der Waals surface area contributed by atoms with E-state index in [1.165, 1.54) is 11.8 Å². The van der Waals surface area contributed by atoms with Crippen LogP contribution in [0.2, 0.25) is 0 Å². The van der Waals surface area contributed by atoms with Gasteiger partial charge in [0.05, 0.1) is 22.7 Å². The second-order valence-electron chi connectivity index (χ2n) is 7.40. The van der Waals surface area contributed by atoms with Crippen LogP contribution in [0.1, 0.15) is 11.1 Å². The third kappa shape index (κ3) is 5.45. The molecule has 0 amide bonds. The van der Waals surface area contributed by atoms with Crippen molar-refractivity contribution in [2.45, 2.75) is 16.4 Å². The summed E-state index contributed by atoms with van der Waals surface area (Å²) in [4.78, 5) is 15.7. The van der Waals surface area contributed by atoms with E-state index >= 15 is 0 Å². The zero-order valence-electron chi connectivity index (χ0n) is 17.4. The van der Waals surface area contributed by atoms with E-state index in [1.54, 1.807) is 12.1 Å². The molecule has 0 atom stereocenters. The zero-order valence-corrected chi connectivity index (χ0v) is 18.2. The highest BCUT2D eigenvalue weighted by molar-refractivity contribution is 7.99. The molecule has 0 bridgehead atoms. The lowest BCUT2D eigenvalue weighted by Crippen LogP contribution is -2.45. The van der Waals surface area contributed by atoms with Gasteiger partial charge in [-0.05, 0) is 49.0 Å². The molecule has 1 aliphatic heterocycles. The third-order valence-corrected chi connectivity index (χ3v) is 6.04. The molecule has 158 valence electrons. The molecular weight excluding hydrogens is 408 g/mol. The van der Waals surface area contributed by atoms with Crippen LogP contribution in [-0.2, 0) is 6.61 Å². The van der Waals surface area contributed by atoms with Crippen LogP contribution in [0.15, 0.2) is 64.5 Å². The summed E-state index contributed by atoms with van der Waals surface area (Å²) in [5.41, 5.74) is 8.21. The van der Waals surface area contributed by atoms with Crippen molar-refractivity contribution in [1.82, 2.24) is 14.9 Å². The van der Waals surface area contributed by atoms with Gasteiger partial charge in [0, 0.05) is 36.8 Å². The van der Waals surface area contributed by atoms with Crippen molar-refractivity contribution in [3.05, 3.63) is 65.9 Å². The Balaban J connectivity index is 1.58. The number of hydrogen-bond acceptors (Lipinski definition) is 8. The normalized spacial score (nSPS) is 14.3. The monoisotopic (exact) mass is 432 g/mol. The molecule has 1 saturated heterocycles.